The number of hydrogen-bond donors (Lipinski definition) is 0. The molecule has 0 bridgehead atoms. The Bertz CT molecular complexity index is 432. The molecular formula is C12H12O3. The van der Waals surface area contributed by atoms with Crippen molar-refractivity contribution in [3.63, 3.8) is 0 Å². The van der Waals surface area contributed by atoms with Crippen LogP contribution in [-0.2, 0) is 0 Å². The number of methoxy groups -OCH3 is 1. The van der Waals surface area contributed by atoms with E-state index in [1.165, 1.54) is 0 Å². The van der Waals surface area contributed by atoms with Crippen LogP contribution in [0.1, 0.15) is 17.3 Å². The van der Waals surface area contributed by atoms with Crippen LogP contribution in [0.3, 0.4) is 0 Å². The van der Waals surface area contributed by atoms with E-state index in [0.29, 0.717) is 29.2 Å². The molecule has 1 aliphatic rings. The number of carbonyl (C=O) groups excluding carboxylic acids is 1. The summed E-state index contributed by atoms with van der Waals surface area (Å²) in [6, 6.07) is 5.23. The van der Waals surface area contributed by atoms with Crippen molar-refractivity contribution in [2.75, 3.05) is 13.7 Å². The zero-order valence-corrected chi connectivity index (χ0v) is 8.74. The summed E-state index contributed by atoms with van der Waals surface area (Å²) in [5.41, 5.74) is 1.31. The number of allylic oxidation sites excluding steroid dienone is 1. The fourth-order valence-electron chi connectivity index (χ4n) is 1.55. The number of ether oxygens (including phenoxy) is 2. The largest absolute Gasteiger partial charge is 0.497 e. The maximum atomic E-state index is 11.9. The predicted molar refractivity (Wildman–Crippen MR) is 56.6 cm³/mol. The van der Waals surface area contributed by atoms with Gasteiger partial charge in [0.15, 0.2) is 5.78 Å². The molecule has 0 N–H and O–H groups in total. The Morgan fingerprint density at radius 1 is 1.47 bits per heavy atom. The maximum absolute atomic E-state index is 11.9. The summed E-state index contributed by atoms with van der Waals surface area (Å²) >= 11 is 0. The lowest BCUT2D eigenvalue weighted by molar-refractivity contribution is 0.0999. The minimum absolute atomic E-state index is 0.0430. The molecule has 0 radical (unpaired) electrons. The van der Waals surface area contributed by atoms with E-state index in [0.717, 1.165) is 0 Å². The van der Waals surface area contributed by atoms with Crippen molar-refractivity contribution in [3.8, 4) is 11.5 Å². The minimum Gasteiger partial charge on any atom is -0.497 e. The smallest absolute Gasteiger partial charge is 0.195 e. The highest BCUT2D eigenvalue weighted by molar-refractivity contribution is 6.11. The van der Waals surface area contributed by atoms with Gasteiger partial charge in [0.1, 0.15) is 18.1 Å². The third kappa shape index (κ3) is 1.61. The summed E-state index contributed by atoms with van der Waals surface area (Å²) in [5, 5.41) is 0. The number of fused-ring (bicyclic) bond motifs is 1. The average molecular weight is 204 g/mol. The zero-order chi connectivity index (χ0) is 10.8. The Morgan fingerprint density at radius 2 is 2.27 bits per heavy atom. The summed E-state index contributed by atoms with van der Waals surface area (Å²) in [6.45, 7) is 2.18. The van der Waals surface area contributed by atoms with E-state index in [2.05, 4.69) is 0 Å². The lowest BCUT2D eigenvalue weighted by Gasteiger charge is -2.18. The van der Waals surface area contributed by atoms with Crippen molar-refractivity contribution < 1.29 is 14.3 Å². The van der Waals surface area contributed by atoms with Gasteiger partial charge in [-0.2, -0.15) is 0 Å². The molecule has 0 amide bonds. The van der Waals surface area contributed by atoms with Gasteiger partial charge in [-0.3, -0.25) is 4.79 Å². The third-order valence-corrected chi connectivity index (χ3v) is 2.46. The number of rotatable bonds is 1. The van der Waals surface area contributed by atoms with Crippen LogP contribution in [-0.4, -0.2) is 19.5 Å². The Kier molecular flexibility index (Phi) is 2.46. The van der Waals surface area contributed by atoms with Crippen molar-refractivity contribution in [2.45, 2.75) is 6.92 Å². The van der Waals surface area contributed by atoms with E-state index in [9.17, 15) is 4.79 Å². The molecule has 0 aromatic heterocycles. The van der Waals surface area contributed by atoms with E-state index >= 15 is 0 Å². The van der Waals surface area contributed by atoms with Gasteiger partial charge in [0.2, 0.25) is 0 Å². The molecule has 3 heteroatoms. The van der Waals surface area contributed by atoms with Gasteiger partial charge in [-0.15, -0.1) is 0 Å². The van der Waals surface area contributed by atoms with Crippen LogP contribution in [0.2, 0.25) is 0 Å². The Morgan fingerprint density at radius 3 is 2.93 bits per heavy atom. The first kappa shape index (κ1) is 9.77. The molecule has 0 spiro atoms. The highest BCUT2D eigenvalue weighted by Gasteiger charge is 2.22. The second-order valence-corrected chi connectivity index (χ2v) is 3.29. The van der Waals surface area contributed by atoms with Gasteiger partial charge in [0, 0.05) is 11.6 Å². The molecule has 0 saturated heterocycles. The molecule has 0 fully saturated rings. The highest BCUT2D eigenvalue weighted by Crippen LogP contribution is 2.30. The Balaban J connectivity index is 2.46. The SMILES string of the molecule is C/C=C1\COc2cc(OC)ccc2C1=O. The van der Waals surface area contributed by atoms with E-state index in [1.54, 1.807) is 31.4 Å². The molecule has 0 aliphatic carbocycles. The number of ketones is 1. The van der Waals surface area contributed by atoms with Crippen molar-refractivity contribution in [1.29, 1.82) is 0 Å². The van der Waals surface area contributed by atoms with Gasteiger partial charge in [0.05, 0.1) is 12.7 Å². The topological polar surface area (TPSA) is 35.5 Å². The van der Waals surface area contributed by atoms with Crippen molar-refractivity contribution in [1.82, 2.24) is 0 Å². The molecule has 1 aromatic carbocycles. The maximum Gasteiger partial charge on any atom is 0.195 e. The lowest BCUT2D eigenvalue weighted by Crippen LogP contribution is -2.18. The van der Waals surface area contributed by atoms with Crippen molar-refractivity contribution >= 4 is 5.78 Å². The summed E-state index contributed by atoms with van der Waals surface area (Å²) < 4.78 is 10.5. The number of carbonyl (C=O) groups is 1. The van der Waals surface area contributed by atoms with E-state index in [1.807, 2.05) is 6.92 Å². The molecule has 78 valence electrons. The molecular weight excluding hydrogens is 192 g/mol. The summed E-state index contributed by atoms with van der Waals surface area (Å²) in [6.07, 6.45) is 1.79. The standard InChI is InChI=1S/C12H12O3/c1-3-8-7-15-11-6-9(14-2)4-5-10(11)12(8)13/h3-6H,7H2,1-2H3/b8-3+. The first-order valence-corrected chi connectivity index (χ1v) is 4.77. The fraction of sp³-hybridized carbons (Fsp3) is 0.250. The zero-order valence-electron chi connectivity index (χ0n) is 8.74. The minimum atomic E-state index is 0.0430. The molecule has 2 rings (SSSR count). The number of hydrogen-bond acceptors (Lipinski definition) is 3. The van der Waals surface area contributed by atoms with Crippen LogP contribution in [0.15, 0.2) is 29.8 Å². The second kappa shape index (κ2) is 3.77. The summed E-state index contributed by atoms with van der Waals surface area (Å²) in [5.74, 6) is 1.34. The normalized spacial score (nSPS) is 17.2. The van der Waals surface area contributed by atoms with Crippen LogP contribution in [0, 0.1) is 0 Å². The molecule has 15 heavy (non-hydrogen) atoms. The number of Topliss-reactive ketones (excluding diaryl/α,β-unsaturated/α-hetero) is 1. The fourth-order valence-corrected chi connectivity index (χ4v) is 1.55. The molecule has 3 nitrogen and oxygen atoms in total. The summed E-state index contributed by atoms with van der Waals surface area (Å²) in [7, 11) is 1.59. The molecule has 0 unspecified atom stereocenters. The molecule has 1 aliphatic heterocycles. The van der Waals surface area contributed by atoms with Gasteiger partial charge in [-0.05, 0) is 19.1 Å². The van der Waals surface area contributed by atoms with Crippen LogP contribution in [0.4, 0.5) is 0 Å². The van der Waals surface area contributed by atoms with Crippen LogP contribution < -0.4 is 9.47 Å². The third-order valence-electron chi connectivity index (χ3n) is 2.46. The molecule has 0 atom stereocenters. The van der Waals surface area contributed by atoms with Gasteiger partial charge < -0.3 is 9.47 Å². The van der Waals surface area contributed by atoms with Crippen LogP contribution >= 0.6 is 0 Å². The first-order chi connectivity index (χ1) is 7.26. The molecule has 1 heterocycles. The Labute approximate surface area is 88.3 Å². The Hall–Kier alpha value is -1.77. The van der Waals surface area contributed by atoms with E-state index in [4.69, 9.17) is 9.47 Å². The van der Waals surface area contributed by atoms with Crippen molar-refractivity contribution in [3.05, 3.63) is 35.4 Å². The molecule has 1 aromatic rings. The highest BCUT2D eigenvalue weighted by atomic mass is 16.5. The first-order valence-electron chi connectivity index (χ1n) is 4.77. The van der Waals surface area contributed by atoms with E-state index < -0.39 is 0 Å². The van der Waals surface area contributed by atoms with Crippen molar-refractivity contribution in [2.24, 2.45) is 0 Å². The van der Waals surface area contributed by atoms with E-state index in [-0.39, 0.29) is 5.78 Å². The predicted octanol–water partition coefficient (Wildman–Crippen LogP) is 2.22. The van der Waals surface area contributed by atoms with Gasteiger partial charge in [-0.1, -0.05) is 6.08 Å². The summed E-state index contributed by atoms with van der Waals surface area (Å²) in [4.78, 5) is 11.9. The van der Waals surface area contributed by atoms with Gasteiger partial charge in [-0.25, -0.2) is 0 Å². The van der Waals surface area contributed by atoms with Gasteiger partial charge in [0.25, 0.3) is 0 Å². The average Bonchev–Trinajstić information content (AvgIpc) is 2.29. The number of benzene rings is 1. The monoisotopic (exact) mass is 204 g/mol. The van der Waals surface area contributed by atoms with Crippen LogP contribution in [0.25, 0.3) is 0 Å². The van der Waals surface area contributed by atoms with Crippen LogP contribution in [0.5, 0.6) is 11.5 Å². The van der Waals surface area contributed by atoms with Gasteiger partial charge >= 0.3 is 0 Å². The second-order valence-electron chi connectivity index (χ2n) is 3.29. The lowest BCUT2D eigenvalue weighted by atomic mass is 10.0. The quantitative estimate of drug-likeness (QED) is 0.658. The molecule has 0 saturated carbocycles.